The van der Waals surface area contributed by atoms with Crippen molar-refractivity contribution in [2.45, 2.75) is 43.5 Å². The topological polar surface area (TPSA) is 102 Å². The fourth-order valence-electron chi connectivity index (χ4n) is 2.64. The monoisotopic (exact) mass is 396 g/mol. The molecule has 0 aliphatic heterocycles. The van der Waals surface area contributed by atoms with E-state index >= 15 is 0 Å². The Morgan fingerprint density at radius 1 is 1.18 bits per heavy atom. The summed E-state index contributed by atoms with van der Waals surface area (Å²) >= 11 is 1.35. The number of rotatable bonds is 4. The Hall–Kier alpha value is -2.94. The summed E-state index contributed by atoms with van der Waals surface area (Å²) in [5.74, 6) is 1.14. The summed E-state index contributed by atoms with van der Waals surface area (Å²) in [7, 11) is 0. The molecule has 0 amide bonds. The molecule has 4 rings (SSSR count). The molecule has 9 heteroatoms. The summed E-state index contributed by atoms with van der Waals surface area (Å²) < 4.78 is 7.06. The minimum atomic E-state index is -0.234. The van der Waals surface area contributed by atoms with Gasteiger partial charge in [0.1, 0.15) is 5.39 Å². The van der Waals surface area contributed by atoms with E-state index in [4.69, 9.17) is 4.52 Å². The van der Waals surface area contributed by atoms with Crippen LogP contribution >= 0.6 is 11.8 Å². The van der Waals surface area contributed by atoms with Crippen LogP contribution in [0.3, 0.4) is 0 Å². The Bertz CT molecular complexity index is 1170. The van der Waals surface area contributed by atoms with Gasteiger partial charge in [-0.05, 0) is 19.1 Å². The Kier molecular flexibility index (Phi) is 4.54. The van der Waals surface area contributed by atoms with E-state index in [2.05, 4.69) is 25.2 Å². The molecule has 3 heterocycles. The lowest BCUT2D eigenvalue weighted by Gasteiger charge is -2.11. The molecule has 3 aromatic heterocycles. The predicted octanol–water partition coefficient (Wildman–Crippen LogP) is 3.64. The number of hydrogen-bond acceptors (Lipinski definition) is 7. The molecule has 0 saturated heterocycles. The van der Waals surface area contributed by atoms with E-state index in [1.165, 1.54) is 18.0 Å². The SMILES string of the molecule is C[C@H](Sc1nc2c(cnn2-c2ccccc2)c(=O)[nH]1)c1nc(C(C)(C)C)no1. The fourth-order valence-corrected chi connectivity index (χ4v) is 3.46. The van der Waals surface area contributed by atoms with Crippen molar-refractivity contribution in [2.24, 2.45) is 0 Å². The molecule has 4 aromatic rings. The van der Waals surface area contributed by atoms with Crippen LogP contribution in [0.5, 0.6) is 0 Å². The summed E-state index contributed by atoms with van der Waals surface area (Å²) in [5.41, 5.74) is 0.916. The molecule has 0 radical (unpaired) electrons. The number of fused-ring (bicyclic) bond motifs is 1. The maximum absolute atomic E-state index is 12.5. The van der Waals surface area contributed by atoms with Crippen molar-refractivity contribution >= 4 is 22.8 Å². The van der Waals surface area contributed by atoms with Gasteiger partial charge >= 0.3 is 0 Å². The molecule has 8 nitrogen and oxygen atoms in total. The van der Waals surface area contributed by atoms with Crippen LogP contribution in [0.25, 0.3) is 16.7 Å². The number of thioether (sulfide) groups is 1. The number of benzene rings is 1. The van der Waals surface area contributed by atoms with Crippen molar-refractivity contribution in [1.29, 1.82) is 0 Å². The van der Waals surface area contributed by atoms with Gasteiger partial charge in [-0.3, -0.25) is 4.79 Å². The first kappa shape index (κ1) is 18.4. The highest BCUT2D eigenvalue weighted by atomic mass is 32.2. The molecular formula is C19H20N6O2S. The van der Waals surface area contributed by atoms with Crippen molar-refractivity contribution in [3.63, 3.8) is 0 Å². The standard InChI is InChI=1S/C19H20N6O2S/c1-11(16-23-17(24-27-16)19(2,3)4)28-18-21-14-13(15(26)22-18)10-20-25(14)12-8-6-5-7-9-12/h5-11H,1-4H3,(H,21,22,26)/t11-/m0/s1. The zero-order valence-corrected chi connectivity index (χ0v) is 16.8. The number of aromatic nitrogens is 6. The van der Waals surface area contributed by atoms with E-state index in [9.17, 15) is 4.79 Å². The first-order valence-electron chi connectivity index (χ1n) is 8.87. The number of aromatic amines is 1. The van der Waals surface area contributed by atoms with Crippen LogP contribution in [0.4, 0.5) is 0 Å². The number of H-pyrrole nitrogens is 1. The van der Waals surface area contributed by atoms with E-state index in [-0.39, 0.29) is 16.2 Å². The smallest absolute Gasteiger partial charge is 0.262 e. The zero-order chi connectivity index (χ0) is 19.9. The van der Waals surface area contributed by atoms with Crippen molar-refractivity contribution in [3.8, 4) is 5.69 Å². The van der Waals surface area contributed by atoms with Gasteiger partial charge < -0.3 is 9.51 Å². The molecule has 1 atom stereocenters. The maximum atomic E-state index is 12.5. The van der Waals surface area contributed by atoms with E-state index < -0.39 is 0 Å². The van der Waals surface area contributed by atoms with E-state index in [0.29, 0.717) is 27.9 Å². The Labute approximate surface area is 165 Å². The first-order chi connectivity index (χ1) is 13.3. The third-order valence-corrected chi connectivity index (χ3v) is 5.14. The first-order valence-corrected chi connectivity index (χ1v) is 9.75. The zero-order valence-electron chi connectivity index (χ0n) is 16.0. The third-order valence-electron chi connectivity index (χ3n) is 4.17. The van der Waals surface area contributed by atoms with Crippen molar-refractivity contribution in [1.82, 2.24) is 29.9 Å². The molecule has 144 valence electrons. The highest BCUT2D eigenvalue weighted by Crippen LogP contribution is 2.33. The summed E-state index contributed by atoms with van der Waals surface area (Å²) in [4.78, 5) is 24.4. The van der Waals surface area contributed by atoms with Gasteiger partial charge in [0.2, 0.25) is 5.89 Å². The van der Waals surface area contributed by atoms with E-state index in [1.54, 1.807) is 4.68 Å². The van der Waals surface area contributed by atoms with Gasteiger partial charge in [-0.2, -0.15) is 10.1 Å². The fraction of sp³-hybridized carbons (Fsp3) is 0.316. The average molecular weight is 396 g/mol. The summed E-state index contributed by atoms with van der Waals surface area (Å²) in [5, 5.41) is 9.12. The van der Waals surface area contributed by atoms with Gasteiger partial charge in [0.05, 0.1) is 17.1 Å². The quantitative estimate of drug-likeness (QED) is 0.415. The van der Waals surface area contributed by atoms with Crippen LogP contribution in [0.15, 0.2) is 51.0 Å². The van der Waals surface area contributed by atoms with Crippen LogP contribution in [0.2, 0.25) is 0 Å². The molecule has 0 bridgehead atoms. The van der Waals surface area contributed by atoms with Crippen LogP contribution in [0, 0.1) is 0 Å². The van der Waals surface area contributed by atoms with E-state index in [1.807, 2.05) is 58.0 Å². The molecule has 0 aliphatic rings. The largest absolute Gasteiger partial charge is 0.338 e. The number of nitrogens with zero attached hydrogens (tertiary/aromatic N) is 5. The van der Waals surface area contributed by atoms with Gasteiger partial charge in [-0.15, -0.1) is 0 Å². The van der Waals surface area contributed by atoms with Crippen molar-refractivity contribution in [2.75, 3.05) is 0 Å². The molecule has 1 aromatic carbocycles. The van der Waals surface area contributed by atoms with Gasteiger partial charge in [0, 0.05) is 5.41 Å². The predicted molar refractivity (Wildman–Crippen MR) is 107 cm³/mol. The van der Waals surface area contributed by atoms with Crippen LogP contribution in [-0.2, 0) is 5.41 Å². The minimum absolute atomic E-state index is 0.169. The van der Waals surface area contributed by atoms with Crippen LogP contribution < -0.4 is 5.56 Å². The molecule has 0 aliphatic carbocycles. The lowest BCUT2D eigenvalue weighted by atomic mass is 9.96. The van der Waals surface area contributed by atoms with Crippen molar-refractivity contribution in [3.05, 3.63) is 58.6 Å². The Morgan fingerprint density at radius 2 is 1.93 bits per heavy atom. The van der Waals surface area contributed by atoms with Gasteiger partial charge in [0.25, 0.3) is 5.56 Å². The second kappa shape index (κ2) is 6.90. The van der Waals surface area contributed by atoms with Crippen LogP contribution in [-0.4, -0.2) is 29.9 Å². The maximum Gasteiger partial charge on any atom is 0.262 e. The third kappa shape index (κ3) is 3.45. The second-order valence-electron chi connectivity index (χ2n) is 7.47. The number of hydrogen-bond donors (Lipinski definition) is 1. The Balaban J connectivity index is 1.68. The average Bonchev–Trinajstić information content (AvgIpc) is 3.30. The molecule has 28 heavy (non-hydrogen) atoms. The highest BCUT2D eigenvalue weighted by Gasteiger charge is 2.24. The van der Waals surface area contributed by atoms with E-state index in [0.717, 1.165) is 5.69 Å². The van der Waals surface area contributed by atoms with Gasteiger partial charge in [-0.1, -0.05) is 55.9 Å². The summed E-state index contributed by atoms with van der Waals surface area (Å²) in [6.07, 6.45) is 1.53. The lowest BCUT2D eigenvalue weighted by molar-refractivity contribution is 0.364. The molecule has 0 unspecified atom stereocenters. The lowest BCUT2D eigenvalue weighted by Crippen LogP contribution is -2.13. The minimum Gasteiger partial charge on any atom is -0.338 e. The molecule has 0 spiro atoms. The Morgan fingerprint density at radius 3 is 2.61 bits per heavy atom. The summed E-state index contributed by atoms with van der Waals surface area (Å²) in [6.45, 7) is 8.01. The number of para-hydroxylation sites is 1. The van der Waals surface area contributed by atoms with Gasteiger partial charge in [0.15, 0.2) is 16.6 Å². The van der Waals surface area contributed by atoms with Gasteiger partial charge in [-0.25, -0.2) is 9.67 Å². The molecule has 0 fully saturated rings. The molecule has 1 N–H and O–H groups in total. The molecule has 0 saturated carbocycles. The van der Waals surface area contributed by atoms with Crippen molar-refractivity contribution < 1.29 is 4.52 Å². The van der Waals surface area contributed by atoms with Crippen LogP contribution in [0.1, 0.15) is 44.7 Å². The number of nitrogens with one attached hydrogen (secondary N) is 1. The highest BCUT2D eigenvalue weighted by molar-refractivity contribution is 7.99. The second-order valence-corrected chi connectivity index (χ2v) is 8.80. The summed E-state index contributed by atoms with van der Waals surface area (Å²) in [6, 6.07) is 9.58. The normalized spacial score (nSPS) is 13.1. The molecular weight excluding hydrogens is 376 g/mol.